The number of rotatable bonds is 7. The zero-order valence-electron chi connectivity index (χ0n) is 11.4. The predicted molar refractivity (Wildman–Crippen MR) is 70.0 cm³/mol. The van der Waals surface area contributed by atoms with Crippen LogP contribution in [-0.4, -0.2) is 32.6 Å². The van der Waals surface area contributed by atoms with Gasteiger partial charge in [-0.1, -0.05) is 18.2 Å². The van der Waals surface area contributed by atoms with Gasteiger partial charge in [0.2, 0.25) is 0 Å². The predicted octanol–water partition coefficient (Wildman–Crippen LogP) is 2.35. The van der Waals surface area contributed by atoms with E-state index in [9.17, 15) is 4.39 Å². The highest BCUT2D eigenvalue weighted by atomic mass is 19.1. The second-order valence-corrected chi connectivity index (χ2v) is 4.49. The third-order valence-electron chi connectivity index (χ3n) is 2.90. The molecule has 0 amide bonds. The maximum Gasteiger partial charge on any atom is 0.171 e. The molecule has 0 aliphatic heterocycles. The summed E-state index contributed by atoms with van der Waals surface area (Å²) in [6.45, 7) is 4.00. The molecule has 1 rings (SSSR count). The lowest BCUT2D eigenvalue weighted by atomic mass is 10.1. The summed E-state index contributed by atoms with van der Waals surface area (Å²) in [6.07, 6.45) is 0.338. The molecule has 0 radical (unpaired) electrons. The molecule has 0 bridgehead atoms. The highest BCUT2D eigenvalue weighted by Gasteiger charge is 2.18. The minimum Gasteiger partial charge on any atom is -0.354 e. The van der Waals surface area contributed by atoms with Gasteiger partial charge in [-0.2, -0.15) is 0 Å². The molecule has 0 spiro atoms. The third-order valence-corrected chi connectivity index (χ3v) is 2.90. The van der Waals surface area contributed by atoms with Gasteiger partial charge in [0.15, 0.2) is 6.29 Å². The van der Waals surface area contributed by atoms with Gasteiger partial charge >= 0.3 is 0 Å². The molecule has 4 heteroatoms. The second-order valence-electron chi connectivity index (χ2n) is 4.49. The maximum atomic E-state index is 13.5. The van der Waals surface area contributed by atoms with Crippen molar-refractivity contribution in [2.75, 3.05) is 14.2 Å². The number of benzene rings is 1. The average molecular weight is 255 g/mol. The summed E-state index contributed by atoms with van der Waals surface area (Å²) in [4.78, 5) is 0. The molecule has 3 nitrogen and oxygen atoms in total. The Morgan fingerprint density at radius 1 is 1.17 bits per heavy atom. The monoisotopic (exact) mass is 255 g/mol. The molecular formula is C14H22FNO2. The number of nitrogens with one attached hydrogen (secondary N) is 1. The van der Waals surface area contributed by atoms with E-state index in [1.807, 2.05) is 26.0 Å². The van der Waals surface area contributed by atoms with Gasteiger partial charge in [0.25, 0.3) is 0 Å². The quantitative estimate of drug-likeness (QED) is 0.759. The first-order chi connectivity index (χ1) is 8.58. The zero-order valence-corrected chi connectivity index (χ0v) is 11.4. The molecule has 0 saturated heterocycles. The van der Waals surface area contributed by atoms with E-state index in [0.29, 0.717) is 6.42 Å². The van der Waals surface area contributed by atoms with E-state index < -0.39 is 0 Å². The van der Waals surface area contributed by atoms with Crippen molar-refractivity contribution in [2.45, 2.75) is 38.6 Å². The molecule has 2 atom stereocenters. The van der Waals surface area contributed by atoms with E-state index in [1.54, 1.807) is 20.3 Å². The van der Waals surface area contributed by atoms with Crippen LogP contribution in [0.3, 0.4) is 0 Å². The van der Waals surface area contributed by atoms with Crippen molar-refractivity contribution >= 4 is 0 Å². The van der Waals surface area contributed by atoms with Crippen LogP contribution in [0, 0.1) is 5.82 Å². The van der Waals surface area contributed by atoms with E-state index in [4.69, 9.17) is 9.47 Å². The summed E-state index contributed by atoms with van der Waals surface area (Å²) in [5.41, 5.74) is 0.719. The first-order valence-electron chi connectivity index (χ1n) is 6.13. The average Bonchev–Trinajstić information content (AvgIpc) is 2.33. The third kappa shape index (κ3) is 4.37. The Morgan fingerprint density at radius 2 is 1.78 bits per heavy atom. The summed E-state index contributed by atoms with van der Waals surface area (Å²) in [5, 5.41) is 3.34. The van der Waals surface area contributed by atoms with Crippen LogP contribution in [0.4, 0.5) is 4.39 Å². The number of ether oxygens (including phenoxy) is 2. The van der Waals surface area contributed by atoms with Gasteiger partial charge in [-0.15, -0.1) is 0 Å². The van der Waals surface area contributed by atoms with Gasteiger partial charge in [0, 0.05) is 20.3 Å². The van der Waals surface area contributed by atoms with Crippen LogP contribution in [0.15, 0.2) is 24.3 Å². The molecule has 1 aromatic rings. The summed E-state index contributed by atoms with van der Waals surface area (Å²) in [5.74, 6) is -0.158. The van der Waals surface area contributed by atoms with Crippen LogP contribution in [0.5, 0.6) is 0 Å². The van der Waals surface area contributed by atoms with Crippen molar-refractivity contribution in [1.82, 2.24) is 5.32 Å². The van der Waals surface area contributed by atoms with Crippen molar-refractivity contribution < 1.29 is 13.9 Å². The summed E-state index contributed by atoms with van der Waals surface area (Å²) in [7, 11) is 3.21. The molecule has 0 aliphatic rings. The Hall–Kier alpha value is -0.970. The standard InChI is InChI=1S/C14H22FNO2/c1-10(16-11(2)14(17-3)18-4)9-12-7-5-6-8-13(12)15/h5-8,10-11,14,16H,9H2,1-4H3. The molecule has 1 N–H and O–H groups in total. The largest absolute Gasteiger partial charge is 0.354 e. The lowest BCUT2D eigenvalue weighted by molar-refractivity contribution is -0.120. The van der Waals surface area contributed by atoms with E-state index in [1.165, 1.54) is 6.07 Å². The minimum absolute atomic E-state index is 0.0433. The smallest absolute Gasteiger partial charge is 0.171 e. The van der Waals surface area contributed by atoms with Gasteiger partial charge in [-0.3, -0.25) is 0 Å². The van der Waals surface area contributed by atoms with Crippen LogP contribution in [-0.2, 0) is 15.9 Å². The van der Waals surface area contributed by atoms with Gasteiger partial charge in [0.1, 0.15) is 5.82 Å². The molecule has 1 aromatic carbocycles. The molecule has 18 heavy (non-hydrogen) atoms. The number of hydrogen-bond donors (Lipinski definition) is 1. The first-order valence-corrected chi connectivity index (χ1v) is 6.13. The molecular weight excluding hydrogens is 233 g/mol. The Bertz CT molecular complexity index is 355. The summed E-state index contributed by atoms with van der Waals surface area (Å²) < 4.78 is 23.9. The molecule has 0 aliphatic carbocycles. The van der Waals surface area contributed by atoms with Crippen molar-refractivity contribution in [3.8, 4) is 0 Å². The minimum atomic E-state index is -0.298. The Balaban J connectivity index is 2.51. The van der Waals surface area contributed by atoms with Gasteiger partial charge < -0.3 is 14.8 Å². The molecule has 0 heterocycles. The highest BCUT2D eigenvalue weighted by Crippen LogP contribution is 2.10. The maximum absolute atomic E-state index is 13.5. The fourth-order valence-corrected chi connectivity index (χ4v) is 2.08. The Kier molecular flexibility index (Phi) is 6.25. The number of methoxy groups -OCH3 is 2. The lowest BCUT2D eigenvalue weighted by Crippen LogP contribution is -2.44. The Morgan fingerprint density at radius 3 is 2.33 bits per heavy atom. The van der Waals surface area contributed by atoms with Gasteiger partial charge in [-0.05, 0) is 31.9 Å². The fraction of sp³-hybridized carbons (Fsp3) is 0.571. The van der Waals surface area contributed by atoms with Crippen LogP contribution >= 0.6 is 0 Å². The van der Waals surface area contributed by atoms with Crippen molar-refractivity contribution in [3.05, 3.63) is 35.6 Å². The normalized spacial score (nSPS) is 14.8. The van der Waals surface area contributed by atoms with Crippen LogP contribution in [0.2, 0.25) is 0 Å². The van der Waals surface area contributed by atoms with E-state index in [0.717, 1.165) is 5.56 Å². The second kappa shape index (κ2) is 7.46. The molecule has 2 unspecified atom stereocenters. The van der Waals surface area contributed by atoms with E-state index in [-0.39, 0.29) is 24.2 Å². The zero-order chi connectivity index (χ0) is 13.5. The number of hydrogen-bond acceptors (Lipinski definition) is 3. The molecule has 102 valence electrons. The fourth-order valence-electron chi connectivity index (χ4n) is 2.08. The summed E-state index contributed by atoms with van der Waals surface area (Å²) >= 11 is 0. The SMILES string of the molecule is COC(OC)C(C)NC(C)Cc1ccccc1F. The van der Waals surface area contributed by atoms with Crippen molar-refractivity contribution in [2.24, 2.45) is 0 Å². The van der Waals surface area contributed by atoms with Crippen molar-refractivity contribution in [1.29, 1.82) is 0 Å². The van der Waals surface area contributed by atoms with Gasteiger partial charge in [-0.25, -0.2) is 4.39 Å². The molecule has 0 saturated carbocycles. The number of halogens is 1. The van der Waals surface area contributed by atoms with Gasteiger partial charge in [0.05, 0.1) is 6.04 Å². The van der Waals surface area contributed by atoms with E-state index in [2.05, 4.69) is 5.32 Å². The van der Waals surface area contributed by atoms with Crippen LogP contribution in [0.25, 0.3) is 0 Å². The summed E-state index contributed by atoms with van der Waals surface area (Å²) in [6, 6.07) is 7.03. The molecule has 0 fully saturated rings. The topological polar surface area (TPSA) is 30.5 Å². The van der Waals surface area contributed by atoms with E-state index >= 15 is 0 Å². The first kappa shape index (κ1) is 15.1. The highest BCUT2D eigenvalue weighted by molar-refractivity contribution is 5.18. The van der Waals surface area contributed by atoms with Crippen molar-refractivity contribution in [3.63, 3.8) is 0 Å². The van der Waals surface area contributed by atoms with Crippen LogP contribution < -0.4 is 5.32 Å². The lowest BCUT2D eigenvalue weighted by Gasteiger charge is -2.25. The van der Waals surface area contributed by atoms with Crippen LogP contribution in [0.1, 0.15) is 19.4 Å². The molecule has 0 aromatic heterocycles. The Labute approximate surface area is 108 Å².